The van der Waals surface area contributed by atoms with Gasteiger partial charge in [0.1, 0.15) is 0 Å². The van der Waals surface area contributed by atoms with Crippen LogP contribution in [0.3, 0.4) is 0 Å². The largest absolute Gasteiger partial charge is 0.376 e. The number of hydrogen-bond donors (Lipinski definition) is 3. The van der Waals surface area contributed by atoms with Crippen molar-refractivity contribution in [2.75, 3.05) is 36.8 Å². The summed E-state index contributed by atoms with van der Waals surface area (Å²) in [7, 11) is 0. The lowest BCUT2D eigenvalue weighted by Gasteiger charge is -2.19. The Labute approximate surface area is 171 Å². The predicted molar refractivity (Wildman–Crippen MR) is 115 cm³/mol. The van der Waals surface area contributed by atoms with Crippen molar-refractivity contribution in [2.24, 2.45) is 0 Å². The van der Waals surface area contributed by atoms with E-state index < -0.39 is 0 Å². The Balaban J connectivity index is 1.96. The predicted octanol–water partition coefficient (Wildman–Crippen LogP) is 2.97. The number of nitrogens with zero attached hydrogens (tertiary/aromatic N) is 1. The number of amides is 3. The fraction of sp³-hybridized carbons (Fsp3) is 0.318. The molecule has 2 aromatic rings. The van der Waals surface area contributed by atoms with Gasteiger partial charge in [0.05, 0.1) is 6.54 Å². The highest BCUT2D eigenvalue weighted by molar-refractivity contribution is 5.98. The van der Waals surface area contributed by atoms with Gasteiger partial charge in [0.15, 0.2) is 0 Å². The van der Waals surface area contributed by atoms with Crippen molar-refractivity contribution in [3.63, 3.8) is 0 Å². The van der Waals surface area contributed by atoms with Crippen molar-refractivity contribution >= 4 is 29.1 Å². The molecule has 3 N–H and O–H groups in total. The zero-order valence-corrected chi connectivity index (χ0v) is 17.1. The molecule has 0 bridgehead atoms. The first-order chi connectivity index (χ1) is 14.0. The molecule has 0 saturated carbocycles. The molecular formula is C22H28N4O3. The molecule has 0 fully saturated rings. The zero-order chi connectivity index (χ0) is 21.2. The van der Waals surface area contributed by atoms with Crippen LogP contribution in [0.2, 0.25) is 0 Å². The van der Waals surface area contributed by atoms with Crippen LogP contribution in [0.4, 0.5) is 11.4 Å². The van der Waals surface area contributed by atoms with E-state index in [1.807, 2.05) is 26.8 Å². The molecule has 0 aliphatic heterocycles. The molecule has 0 aromatic heterocycles. The van der Waals surface area contributed by atoms with Crippen molar-refractivity contribution in [1.82, 2.24) is 10.2 Å². The molecule has 2 rings (SSSR count). The van der Waals surface area contributed by atoms with E-state index >= 15 is 0 Å². The minimum atomic E-state index is -0.251. The number of hydrogen-bond acceptors (Lipinski definition) is 4. The molecule has 2 aromatic carbocycles. The molecule has 0 spiro atoms. The van der Waals surface area contributed by atoms with Crippen LogP contribution >= 0.6 is 0 Å². The Morgan fingerprint density at radius 2 is 1.48 bits per heavy atom. The molecule has 0 aliphatic rings. The Morgan fingerprint density at radius 1 is 0.862 bits per heavy atom. The standard InChI is InChI=1S/C22H28N4O3/c1-4-23-21(28)16-9-7-12-19(13-16)25-20(27)15-24-18-11-8-10-17(14-18)22(29)26(5-2)6-3/h7-14,24H,4-6,15H2,1-3H3,(H,23,28)(H,25,27). The van der Waals surface area contributed by atoms with Crippen molar-refractivity contribution < 1.29 is 14.4 Å². The molecule has 0 atom stereocenters. The number of anilines is 2. The van der Waals surface area contributed by atoms with Gasteiger partial charge in [0, 0.05) is 42.1 Å². The van der Waals surface area contributed by atoms with Crippen LogP contribution in [0.5, 0.6) is 0 Å². The molecular weight excluding hydrogens is 368 g/mol. The topological polar surface area (TPSA) is 90.5 Å². The molecule has 154 valence electrons. The van der Waals surface area contributed by atoms with E-state index in [4.69, 9.17) is 0 Å². The van der Waals surface area contributed by atoms with Gasteiger partial charge in [-0.25, -0.2) is 0 Å². The summed E-state index contributed by atoms with van der Waals surface area (Å²) in [5, 5.41) is 8.52. The average Bonchev–Trinajstić information content (AvgIpc) is 2.73. The number of nitrogens with one attached hydrogen (secondary N) is 3. The second-order valence-corrected chi connectivity index (χ2v) is 6.40. The summed E-state index contributed by atoms with van der Waals surface area (Å²) < 4.78 is 0. The lowest BCUT2D eigenvalue weighted by molar-refractivity contribution is -0.114. The highest BCUT2D eigenvalue weighted by Crippen LogP contribution is 2.14. The molecule has 0 heterocycles. The summed E-state index contributed by atoms with van der Waals surface area (Å²) in [6, 6.07) is 13.9. The van der Waals surface area contributed by atoms with Crippen molar-refractivity contribution in [3.05, 3.63) is 59.7 Å². The summed E-state index contributed by atoms with van der Waals surface area (Å²) >= 11 is 0. The van der Waals surface area contributed by atoms with Gasteiger partial charge in [-0.1, -0.05) is 12.1 Å². The maximum atomic E-state index is 12.5. The van der Waals surface area contributed by atoms with Crippen LogP contribution < -0.4 is 16.0 Å². The van der Waals surface area contributed by atoms with Gasteiger partial charge < -0.3 is 20.9 Å². The van der Waals surface area contributed by atoms with E-state index in [1.54, 1.807) is 47.4 Å². The Kier molecular flexibility index (Phi) is 8.21. The van der Waals surface area contributed by atoms with Gasteiger partial charge in [0.2, 0.25) is 5.91 Å². The lowest BCUT2D eigenvalue weighted by atomic mass is 10.1. The van der Waals surface area contributed by atoms with Crippen LogP contribution in [0.25, 0.3) is 0 Å². The van der Waals surface area contributed by atoms with Gasteiger partial charge >= 0.3 is 0 Å². The summed E-state index contributed by atoms with van der Waals surface area (Å²) in [4.78, 5) is 38.4. The normalized spacial score (nSPS) is 10.2. The quantitative estimate of drug-likeness (QED) is 0.608. The molecule has 0 saturated heterocycles. The van der Waals surface area contributed by atoms with Gasteiger partial charge in [-0.2, -0.15) is 0 Å². The molecule has 29 heavy (non-hydrogen) atoms. The van der Waals surface area contributed by atoms with Crippen LogP contribution in [-0.4, -0.2) is 48.8 Å². The van der Waals surface area contributed by atoms with E-state index in [-0.39, 0.29) is 24.3 Å². The fourth-order valence-electron chi connectivity index (χ4n) is 2.84. The van der Waals surface area contributed by atoms with Gasteiger partial charge in [0.25, 0.3) is 11.8 Å². The summed E-state index contributed by atoms with van der Waals surface area (Å²) in [6.07, 6.45) is 0. The van der Waals surface area contributed by atoms with E-state index in [0.29, 0.717) is 42.1 Å². The Morgan fingerprint density at radius 3 is 2.14 bits per heavy atom. The molecule has 3 amide bonds. The first kappa shape index (κ1) is 21.9. The van der Waals surface area contributed by atoms with Gasteiger partial charge in [-0.05, 0) is 57.2 Å². The second kappa shape index (κ2) is 10.8. The maximum absolute atomic E-state index is 12.5. The van der Waals surface area contributed by atoms with E-state index in [9.17, 15) is 14.4 Å². The van der Waals surface area contributed by atoms with Crippen molar-refractivity contribution in [2.45, 2.75) is 20.8 Å². The van der Waals surface area contributed by atoms with Crippen LogP contribution in [-0.2, 0) is 4.79 Å². The highest BCUT2D eigenvalue weighted by atomic mass is 16.2. The lowest BCUT2D eigenvalue weighted by Crippen LogP contribution is -2.30. The first-order valence-corrected chi connectivity index (χ1v) is 9.79. The SMILES string of the molecule is CCNC(=O)c1cccc(NC(=O)CNc2cccc(C(=O)N(CC)CC)c2)c1. The number of carbonyl (C=O) groups is 3. The monoisotopic (exact) mass is 396 g/mol. The van der Waals surface area contributed by atoms with E-state index in [2.05, 4.69) is 16.0 Å². The Bertz CT molecular complexity index is 863. The number of rotatable bonds is 9. The highest BCUT2D eigenvalue weighted by Gasteiger charge is 2.13. The molecule has 0 radical (unpaired) electrons. The average molecular weight is 396 g/mol. The molecule has 7 heteroatoms. The number of benzene rings is 2. The van der Waals surface area contributed by atoms with Crippen LogP contribution in [0, 0.1) is 0 Å². The second-order valence-electron chi connectivity index (χ2n) is 6.40. The molecule has 7 nitrogen and oxygen atoms in total. The van der Waals surface area contributed by atoms with Gasteiger partial charge in [-0.3, -0.25) is 14.4 Å². The van der Waals surface area contributed by atoms with Crippen molar-refractivity contribution in [3.8, 4) is 0 Å². The molecule has 0 unspecified atom stereocenters. The van der Waals surface area contributed by atoms with E-state index in [0.717, 1.165) is 0 Å². The summed E-state index contributed by atoms with van der Waals surface area (Å²) in [5.74, 6) is -0.472. The van der Waals surface area contributed by atoms with Crippen LogP contribution in [0.1, 0.15) is 41.5 Å². The van der Waals surface area contributed by atoms with Crippen LogP contribution in [0.15, 0.2) is 48.5 Å². The summed E-state index contributed by atoms with van der Waals surface area (Å²) in [5.41, 5.74) is 2.30. The third kappa shape index (κ3) is 6.34. The van der Waals surface area contributed by atoms with Gasteiger partial charge in [-0.15, -0.1) is 0 Å². The summed E-state index contributed by atoms with van der Waals surface area (Å²) in [6.45, 7) is 7.59. The minimum Gasteiger partial charge on any atom is -0.376 e. The zero-order valence-electron chi connectivity index (χ0n) is 17.1. The maximum Gasteiger partial charge on any atom is 0.253 e. The Hall–Kier alpha value is -3.35. The molecule has 0 aliphatic carbocycles. The van der Waals surface area contributed by atoms with Crippen molar-refractivity contribution in [1.29, 1.82) is 0 Å². The minimum absolute atomic E-state index is 0.0360. The number of carbonyl (C=O) groups excluding carboxylic acids is 3. The third-order valence-corrected chi connectivity index (χ3v) is 4.36. The van der Waals surface area contributed by atoms with E-state index in [1.165, 1.54) is 0 Å². The first-order valence-electron chi connectivity index (χ1n) is 9.79. The smallest absolute Gasteiger partial charge is 0.253 e. The fourth-order valence-corrected chi connectivity index (χ4v) is 2.84. The third-order valence-electron chi connectivity index (χ3n) is 4.36.